The van der Waals surface area contributed by atoms with Gasteiger partial charge in [-0.25, -0.2) is 0 Å². The van der Waals surface area contributed by atoms with E-state index in [1.807, 2.05) is 19.9 Å². The minimum absolute atomic E-state index is 0.0720. The van der Waals surface area contributed by atoms with Gasteiger partial charge in [0.05, 0.1) is 67.1 Å². The molecule has 2 bridgehead atoms. The third kappa shape index (κ3) is 22.6. The van der Waals surface area contributed by atoms with Crippen molar-refractivity contribution in [3.05, 3.63) is 115 Å². The summed E-state index contributed by atoms with van der Waals surface area (Å²) >= 11 is 0. The lowest BCUT2D eigenvalue weighted by Crippen LogP contribution is -2.61. The molecule has 1 aromatic rings. The number of nitrogens with two attached hydrogens (primary N) is 2. The maximum Gasteiger partial charge on any atom is 0.313 e. The van der Waals surface area contributed by atoms with Gasteiger partial charge >= 0.3 is 11.9 Å². The number of carboxylic acid groups (broad SMARTS) is 1. The number of anilines is 1. The first-order valence-corrected chi connectivity index (χ1v) is 26.9. The van der Waals surface area contributed by atoms with Gasteiger partial charge in [-0.3, -0.25) is 19.2 Å². The number of allylic oxidation sites excluding steroid dienone is 12. The molecular weight excluding hydrogens is 1010 g/mol. The second kappa shape index (κ2) is 32.9. The molecule has 434 valence electrons. The summed E-state index contributed by atoms with van der Waals surface area (Å²) in [6, 6.07) is 5.26. The van der Waals surface area contributed by atoms with Crippen molar-refractivity contribution in [2.24, 2.45) is 23.5 Å². The first-order valence-electron chi connectivity index (χ1n) is 26.9. The Morgan fingerprint density at radius 1 is 0.756 bits per heavy atom. The van der Waals surface area contributed by atoms with Crippen LogP contribution in [0, 0.1) is 17.8 Å². The van der Waals surface area contributed by atoms with E-state index in [1.165, 1.54) is 13.0 Å². The Hall–Kier alpha value is -5.04. The van der Waals surface area contributed by atoms with E-state index in [1.54, 1.807) is 97.2 Å². The van der Waals surface area contributed by atoms with E-state index in [4.69, 9.17) is 30.4 Å². The summed E-state index contributed by atoms with van der Waals surface area (Å²) < 4.78 is 23.7. The molecule has 14 N–H and O–H groups in total. The number of aliphatic hydroxyl groups is 9. The number of carbonyl (C=O) groups excluding carboxylic acids is 3. The third-order valence-corrected chi connectivity index (χ3v) is 14.1. The predicted molar refractivity (Wildman–Crippen MR) is 289 cm³/mol. The minimum Gasteiger partial charge on any atom is -0.481 e. The van der Waals surface area contributed by atoms with Gasteiger partial charge in [0.15, 0.2) is 17.9 Å². The number of cyclic esters (lactones) is 1. The van der Waals surface area contributed by atoms with Gasteiger partial charge < -0.3 is 81.5 Å². The fraction of sp³-hybridized carbons (Fsp3) is 0.586. The Bertz CT molecular complexity index is 2250. The van der Waals surface area contributed by atoms with Crippen LogP contribution in [0.2, 0.25) is 0 Å². The predicted octanol–water partition coefficient (Wildman–Crippen LogP) is 3.32. The van der Waals surface area contributed by atoms with E-state index in [-0.39, 0.29) is 69.0 Å². The van der Waals surface area contributed by atoms with E-state index in [9.17, 15) is 70.2 Å². The van der Waals surface area contributed by atoms with E-state index in [0.29, 0.717) is 17.7 Å². The molecular formula is C58H84N2O18. The molecule has 0 spiro atoms. The van der Waals surface area contributed by atoms with Crippen molar-refractivity contribution >= 4 is 29.2 Å². The fourth-order valence-electron chi connectivity index (χ4n) is 9.84. The van der Waals surface area contributed by atoms with Gasteiger partial charge in [0, 0.05) is 49.3 Å². The lowest BCUT2D eigenvalue weighted by Gasteiger charge is -2.45. The number of aliphatic carboxylic acids is 1. The van der Waals surface area contributed by atoms with Crippen LogP contribution in [0.3, 0.4) is 0 Å². The van der Waals surface area contributed by atoms with Crippen molar-refractivity contribution in [2.75, 3.05) is 5.73 Å². The van der Waals surface area contributed by atoms with Gasteiger partial charge in [-0.15, -0.1) is 0 Å². The topological polar surface area (TPSA) is 360 Å². The van der Waals surface area contributed by atoms with Gasteiger partial charge in [0.25, 0.3) is 0 Å². The number of benzene rings is 1. The normalized spacial score (nSPS) is 37.8. The molecule has 20 heteroatoms. The van der Waals surface area contributed by atoms with Crippen LogP contribution < -0.4 is 11.5 Å². The zero-order valence-corrected chi connectivity index (χ0v) is 44.8. The molecule has 3 unspecified atom stereocenters. The number of carbonyl (C=O) groups is 4. The van der Waals surface area contributed by atoms with Crippen LogP contribution in [-0.2, 0) is 33.3 Å². The fourth-order valence-corrected chi connectivity index (χ4v) is 9.84. The molecule has 78 heavy (non-hydrogen) atoms. The molecule has 0 saturated carbocycles. The van der Waals surface area contributed by atoms with Gasteiger partial charge in [0.1, 0.15) is 30.3 Å². The van der Waals surface area contributed by atoms with Gasteiger partial charge in [0.2, 0.25) is 0 Å². The van der Waals surface area contributed by atoms with Crippen LogP contribution in [0.25, 0.3) is 0 Å². The van der Waals surface area contributed by atoms with Crippen LogP contribution in [0.15, 0.2) is 109 Å². The van der Waals surface area contributed by atoms with E-state index in [0.717, 1.165) is 0 Å². The third-order valence-electron chi connectivity index (χ3n) is 14.1. The number of carboxylic acids is 1. The number of ether oxygens (including phenoxy) is 4. The smallest absolute Gasteiger partial charge is 0.313 e. The summed E-state index contributed by atoms with van der Waals surface area (Å²) in [5.41, 5.74) is 12.7. The van der Waals surface area contributed by atoms with Gasteiger partial charge in [-0.1, -0.05) is 98.9 Å². The number of hydrogen-bond acceptors (Lipinski definition) is 19. The Balaban J connectivity index is 1.52. The van der Waals surface area contributed by atoms with Crippen LogP contribution in [0.4, 0.5) is 5.69 Å². The number of Topliss-reactive ketones (excluding diaryl/α,β-unsaturated/α-hetero) is 2. The summed E-state index contributed by atoms with van der Waals surface area (Å²) in [5.74, 6) is -7.63. The highest BCUT2D eigenvalue weighted by Gasteiger charge is 2.51. The van der Waals surface area contributed by atoms with Crippen molar-refractivity contribution in [3.8, 4) is 0 Å². The molecule has 4 rings (SSSR count). The van der Waals surface area contributed by atoms with Crippen molar-refractivity contribution in [3.63, 3.8) is 0 Å². The lowest BCUT2D eigenvalue weighted by molar-refractivity contribution is -0.308. The van der Waals surface area contributed by atoms with Crippen molar-refractivity contribution in [1.29, 1.82) is 0 Å². The monoisotopic (exact) mass is 1100 g/mol. The first kappa shape index (κ1) is 65.5. The Morgan fingerprint density at radius 3 is 1.91 bits per heavy atom. The quantitative estimate of drug-likeness (QED) is 0.0692. The number of rotatable bonds is 10. The van der Waals surface area contributed by atoms with Gasteiger partial charge in [-0.05, 0) is 82.1 Å². The first-order chi connectivity index (χ1) is 36.9. The molecule has 20 nitrogen and oxygen atoms in total. The average Bonchev–Trinajstić information content (AvgIpc) is 3.41. The molecule has 2 fully saturated rings. The lowest BCUT2D eigenvalue weighted by atomic mass is 9.82. The van der Waals surface area contributed by atoms with E-state index >= 15 is 0 Å². The summed E-state index contributed by atoms with van der Waals surface area (Å²) in [4.78, 5) is 51.6. The van der Waals surface area contributed by atoms with Crippen molar-refractivity contribution in [1.82, 2.24) is 0 Å². The molecule has 3 heterocycles. The standard InChI is InChI=1S/C58H84N2O18/c1-35-17-14-12-10-8-6-4-5-7-9-11-13-15-20-46(76-57-54(71)52(60)53(70)37(3)75-57)32-49-51(56(72)73)48(68)34-58(74,78-49)33-45(66)28-41(62)19-16-18-40(61)27-43(64)29-44(65)31-50(69)77-55(35)36(2)21-26-42(63)30-47(67)38-22-24-39(59)25-23-38/h4-15,17,20,22-25,35-37,40-43,45-46,48-49,51-55,57,61-64,66,68,70-71,74H,16,18-19,21,26-34,59-60H2,1-3H3,(H,72,73)/b5-4+,8-6+,9-7+,12-10+,13-11+,17-14+,20-15+/t35-,36-,37+,40?,41-,42-,43?,45-,46?,48-,49-,51+,52-,53+,54-,55-,57-,58+/m0/s1. The number of ketones is 2. The second-order valence-corrected chi connectivity index (χ2v) is 21.0. The largest absolute Gasteiger partial charge is 0.481 e. The number of esters is 1. The van der Waals surface area contributed by atoms with Crippen LogP contribution in [0.1, 0.15) is 115 Å². The molecule has 2 saturated heterocycles. The minimum atomic E-state index is -2.27. The zero-order chi connectivity index (χ0) is 57.5. The Labute approximate surface area is 456 Å². The molecule has 18 atom stereocenters. The summed E-state index contributed by atoms with van der Waals surface area (Å²) in [5, 5.41) is 108. The molecule has 3 aliphatic rings. The van der Waals surface area contributed by atoms with Crippen molar-refractivity contribution in [2.45, 2.75) is 196 Å². The maximum absolute atomic E-state index is 13.3. The SMILES string of the molecule is C[C@H]1/C=C/C=C/C=C/C=C/C=C/C=C/C=C/C(O[C@@H]2O[C@H](C)[C@@H](O)[C@H](N)[C@@H]2O)C[C@@H]2O[C@](O)(C[C@@H](O)C[C@@H](O)CCCC(O)CC(O)CC(=O)CC(=O)O[C@@H]1[C@@H](C)CC[C@H](O)CC(=O)c1ccc(N)cc1)C[C@H](O)[C@H]2C(=O)O. The van der Waals surface area contributed by atoms with E-state index in [2.05, 4.69) is 0 Å². The maximum atomic E-state index is 13.3. The van der Waals surface area contributed by atoms with Crippen LogP contribution >= 0.6 is 0 Å². The summed E-state index contributed by atoms with van der Waals surface area (Å²) in [6.45, 7) is 5.23. The van der Waals surface area contributed by atoms with Gasteiger partial charge in [-0.2, -0.15) is 0 Å². The molecule has 0 amide bonds. The van der Waals surface area contributed by atoms with E-state index < -0.39 is 141 Å². The Kier molecular flexibility index (Phi) is 27.6. The number of hydrogen-bond donors (Lipinski definition) is 12. The average molecular weight is 1100 g/mol. The molecule has 1 aromatic carbocycles. The number of nitrogen functional groups attached to an aromatic ring is 1. The molecule has 3 aliphatic heterocycles. The Morgan fingerprint density at radius 2 is 1.32 bits per heavy atom. The highest BCUT2D eigenvalue weighted by atomic mass is 16.7. The molecule has 0 aliphatic carbocycles. The highest BCUT2D eigenvalue weighted by Crippen LogP contribution is 2.38. The highest BCUT2D eigenvalue weighted by molar-refractivity contribution is 5.96. The van der Waals surface area contributed by atoms with Crippen LogP contribution in [0.5, 0.6) is 0 Å². The number of aliphatic hydroxyl groups excluding tert-OH is 8. The summed E-state index contributed by atoms with van der Waals surface area (Å²) in [6.07, 6.45) is 6.31. The molecule has 0 aromatic heterocycles. The second-order valence-electron chi connectivity index (χ2n) is 21.0. The van der Waals surface area contributed by atoms with Crippen LogP contribution in [-0.4, -0.2) is 166 Å². The molecule has 0 radical (unpaired) electrons. The summed E-state index contributed by atoms with van der Waals surface area (Å²) in [7, 11) is 0. The zero-order valence-electron chi connectivity index (χ0n) is 44.8. The van der Waals surface area contributed by atoms with Crippen molar-refractivity contribution < 1.29 is 89.2 Å². The number of fused-ring (bicyclic) bond motifs is 2.